The highest BCUT2D eigenvalue weighted by Crippen LogP contribution is 2.29. The van der Waals surface area contributed by atoms with Gasteiger partial charge in [0, 0.05) is 11.4 Å². The number of rotatable bonds is 7. The molecule has 1 N–H and O–H groups in total. The Hall–Kier alpha value is 0.440. The van der Waals surface area contributed by atoms with Crippen molar-refractivity contribution in [2.45, 2.75) is 51.8 Å². The van der Waals surface area contributed by atoms with Crippen molar-refractivity contribution in [3.05, 3.63) is 0 Å². The molecule has 86 valence electrons. The molecule has 0 heterocycles. The normalized spacial score (nSPS) is 20.1. The Morgan fingerprint density at radius 1 is 1.14 bits per heavy atom. The topological polar surface area (TPSA) is 20.2 Å². The summed E-state index contributed by atoms with van der Waals surface area (Å²) in [7, 11) is 0. The molecule has 0 saturated carbocycles. The lowest BCUT2D eigenvalue weighted by atomic mass is 9.86. The summed E-state index contributed by atoms with van der Waals surface area (Å²) < 4.78 is 0. The average Bonchev–Trinajstić information content (AvgIpc) is 2.22. The molecule has 0 fully saturated rings. The van der Waals surface area contributed by atoms with Crippen LogP contribution in [0.5, 0.6) is 0 Å². The summed E-state index contributed by atoms with van der Waals surface area (Å²) in [5, 5.41) is 9.09. The first-order chi connectivity index (χ1) is 6.54. The van der Waals surface area contributed by atoms with Gasteiger partial charge < -0.3 is 5.11 Å². The summed E-state index contributed by atoms with van der Waals surface area (Å²) in [5.74, 6) is 1.65. The third kappa shape index (κ3) is 4.79. The number of aliphatic hydroxyl groups excluding tert-OH is 1. The van der Waals surface area contributed by atoms with Crippen LogP contribution in [0, 0.1) is 17.8 Å². The second-order valence-corrected chi connectivity index (χ2v) is 5.64. The van der Waals surface area contributed by atoms with E-state index in [0.717, 1.165) is 0 Å². The van der Waals surface area contributed by atoms with Gasteiger partial charge in [0.1, 0.15) is 0 Å². The highest BCUT2D eigenvalue weighted by molar-refractivity contribution is 9.09. The minimum Gasteiger partial charge on any atom is -0.396 e. The number of unbranched alkanes of at least 4 members (excludes halogenated alkanes) is 1. The standard InChI is InChI=1S/C12H25BrO/c1-5-6-7-9(2)12(13)11(4)10(3)8-14/h9-12,14H,5-8H2,1-4H3. The van der Waals surface area contributed by atoms with Gasteiger partial charge in [-0.3, -0.25) is 0 Å². The van der Waals surface area contributed by atoms with E-state index in [1.54, 1.807) is 0 Å². The van der Waals surface area contributed by atoms with Crippen molar-refractivity contribution >= 4 is 15.9 Å². The fourth-order valence-electron chi connectivity index (χ4n) is 1.68. The molecule has 2 heteroatoms. The quantitative estimate of drug-likeness (QED) is 0.693. The van der Waals surface area contributed by atoms with E-state index in [-0.39, 0.29) is 0 Å². The largest absolute Gasteiger partial charge is 0.396 e. The first-order valence-electron chi connectivity index (χ1n) is 5.79. The van der Waals surface area contributed by atoms with Gasteiger partial charge in [-0.2, -0.15) is 0 Å². The SMILES string of the molecule is CCCCC(C)C(Br)C(C)C(C)CO. The molecule has 4 atom stereocenters. The monoisotopic (exact) mass is 264 g/mol. The van der Waals surface area contributed by atoms with E-state index < -0.39 is 0 Å². The summed E-state index contributed by atoms with van der Waals surface area (Å²) in [6, 6.07) is 0. The molecule has 0 aromatic heterocycles. The summed E-state index contributed by atoms with van der Waals surface area (Å²) in [6.45, 7) is 9.17. The maximum Gasteiger partial charge on any atom is 0.0459 e. The smallest absolute Gasteiger partial charge is 0.0459 e. The molecule has 0 aromatic carbocycles. The van der Waals surface area contributed by atoms with Crippen LogP contribution in [-0.2, 0) is 0 Å². The summed E-state index contributed by atoms with van der Waals surface area (Å²) in [4.78, 5) is 0.538. The van der Waals surface area contributed by atoms with Gasteiger partial charge in [-0.25, -0.2) is 0 Å². The molecule has 0 aromatic rings. The van der Waals surface area contributed by atoms with Crippen LogP contribution in [0.3, 0.4) is 0 Å². The van der Waals surface area contributed by atoms with E-state index in [4.69, 9.17) is 5.11 Å². The summed E-state index contributed by atoms with van der Waals surface area (Å²) >= 11 is 3.77. The molecular formula is C12H25BrO. The number of halogens is 1. The van der Waals surface area contributed by atoms with Crippen LogP contribution in [0.15, 0.2) is 0 Å². The molecule has 1 nitrogen and oxygen atoms in total. The molecular weight excluding hydrogens is 240 g/mol. The van der Waals surface area contributed by atoms with E-state index >= 15 is 0 Å². The number of aliphatic hydroxyl groups is 1. The van der Waals surface area contributed by atoms with Gasteiger partial charge in [-0.05, 0) is 24.2 Å². The molecule has 0 aliphatic carbocycles. The molecule has 0 aliphatic heterocycles. The lowest BCUT2D eigenvalue weighted by Crippen LogP contribution is -2.26. The van der Waals surface area contributed by atoms with Crippen LogP contribution in [0.25, 0.3) is 0 Å². The van der Waals surface area contributed by atoms with Crippen LogP contribution in [0.2, 0.25) is 0 Å². The van der Waals surface area contributed by atoms with Gasteiger partial charge >= 0.3 is 0 Å². The van der Waals surface area contributed by atoms with Crippen molar-refractivity contribution in [2.75, 3.05) is 6.61 Å². The number of hydrogen-bond donors (Lipinski definition) is 1. The summed E-state index contributed by atoms with van der Waals surface area (Å²) in [5.41, 5.74) is 0. The number of hydrogen-bond acceptors (Lipinski definition) is 1. The second-order valence-electron chi connectivity index (χ2n) is 4.58. The van der Waals surface area contributed by atoms with Gasteiger partial charge in [0.15, 0.2) is 0 Å². The maximum atomic E-state index is 9.09. The van der Waals surface area contributed by atoms with Crippen LogP contribution < -0.4 is 0 Å². The van der Waals surface area contributed by atoms with Crippen molar-refractivity contribution in [3.63, 3.8) is 0 Å². The van der Waals surface area contributed by atoms with Gasteiger partial charge in [0.25, 0.3) is 0 Å². The predicted octanol–water partition coefficient (Wildman–Crippen LogP) is 3.84. The highest BCUT2D eigenvalue weighted by Gasteiger charge is 2.24. The fraction of sp³-hybridized carbons (Fsp3) is 1.00. The Kier molecular flexibility index (Phi) is 7.94. The zero-order chi connectivity index (χ0) is 11.1. The Morgan fingerprint density at radius 3 is 2.14 bits per heavy atom. The van der Waals surface area contributed by atoms with E-state index in [1.807, 2.05) is 0 Å². The van der Waals surface area contributed by atoms with Crippen LogP contribution in [0.1, 0.15) is 47.0 Å². The zero-order valence-electron chi connectivity index (χ0n) is 9.96. The minimum atomic E-state index is 0.295. The molecule has 14 heavy (non-hydrogen) atoms. The Morgan fingerprint density at radius 2 is 1.71 bits per heavy atom. The van der Waals surface area contributed by atoms with Crippen LogP contribution in [0.4, 0.5) is 0 Å². The molecule has 0 spiro atoms. The highest BCUT2D eigenvalue weighted by atomic mass is 79.9. The average molecular weight is 265 g/mol. The van der Waals surface area contributed by atoms with Gasteiger partial charge in [0.05, 0.1) is 0 Å². The molecule has 4 unspecified atom stereocenters. The molecule has 0 rings (SSSR count). The Labute approximate surface area is 97.4 Å². The lowest BCUT2D eigenvalue weighted by Gasteiger charge is -2.28. The van der Waals surface area contributed by atoms with E-state index in [0.29, 0.717) is 29.2 Å². The third-order valence-electron chi connectivity index (χ3n) is 3.24. The van der Waals surface area contributed by atoms with Crippen molar-refractivity contribution < 1.29 is 5.11 Å². The van der Waals surface area contributed by atoms with E-state index in [1.165, 1.54) is 19.3 Å². The van der Waals surface area contributed by atoms with Crippen LogP contribution >= 0.6 is 15.9 Å². The first kappa shape index (κ1) is 14.4. The first-order valence-corrected chi connectivity index (χ1v) is 6.71. The molecule has 0 bridgehead atoms. The van der Waals surface area contributed by atoms with Gasteiger partial charge in [0.2, 0.25) is 0 Å². The lowest BCUT2D eigenvalue weighted by molar-refractivity contribution is 0.184. The van der Waals surface area contributed by atoms with Gasteiger partial charge in [-0.1, -0.05) is 56.5 Å². The van der Waals surface area contributed by atoms with Crippen LogP contribution in [-0.4, -0.2) is 16.5 Å². The Balaban J connectivity index is 3.95. The predicted molar refractivity (Wildman–Crippen MR) is 66.8 cm³/mol. The maximum absolute atomic E-state index is 9.09. The van der Waals surface area contributed by atoms with Crippen molar-refractivity contribution in [2.24, 2.45) is 17.8 Å². The number of alkyl halides is 1. The molecule has 0 saturated heterocycles. The summed E-state index contributed by atoms with van der Waals surface area (Å²) in [6.07, 6.45) is 3.87. The van der Waals surface area contributed by atoms with E-state index in [9.17, 15) is 0 Å². The zero-order valence-corrected chi connectivity index (χ0v) is 11.5. The molecule has 0 amide bonds. The fourth-order valence-corrected chi connectivity index (χ4v) is 2.47. The Bertz CT molecular complexity index is 138. The molecule has 0 radical (unpaired) electrons. The molecule has 0 aliphatic rings. The second kappa shape index (κ2) is 7.70. The minimum absolute atomic E-state index is 0.295. The van der Waals surface area contributed by atoms with E-state index in [2.05, 4.69) is 43.6 Å². The van der Waals surface area contributed by atoms with Gasteiger partial charge in [-0.15, -0.1) is 0 Å². The third-order valence-corrected chi connectivity index (χ3v) is 4.98. The van der Waals surface area contributed by atoms with Crippen molar-refractivity contribution in [3.8, 4) is 0 Å². The van der Waals surface area contributed by atoms with Crippen molar-refractivity contribution in [1.29, 1.82) is 0 Å². The van der Waals surface area contributed by atoms with Crippen molar-refractivity contribution in [1.82, 2.24) is 0 Å².